The van der Waals surface area contributed by atoms with E-state index in [1.807, 2.05) is 0 Å². The second-order valence-corrected chi connectivity index (χ2v) is 4.81. The van der Waals surface area contributed by atoms with Crippen LogP contribution in [-0.4, -0.2) is 54.7 Å². The molecule has 0 spiro atoms. The fourth-order valence-electron chi connectivity index (χ4n) is 2.47. The molecule has 2 aromatic heterocycles. The zero-order valence-electron chi connectivity index (χ0n) is 11.1. The van der Waals surface area contributed by atoms with Crippen molar-refractivity contribution in [3.05, 3.63) is 16.7 Å². The number of H-pyrrole nitrogens is 1. The number of halogens is 1. The molecule has 3 heterocycles. The molecule has 3 rings (SSSR count). The first-order chi connectivity index (χ1) is 10.4. The Labute approximate surface area is 122 Å². The van der Waals surface area contributed by atoms with E-state index >= 15 is 0 Å². The smallest absolute Gasteiger partial charge is 0.280 e. The largest absolute Gasteiger partial charge is 0.394 e. The molecule has 0 unspecified atom stereocenters. The van der Waals surface area contributed by atoms with Gasteiger partial charge in [0.1, 0.15) is 18.5 Å². The highest BCUT2D eigenvalue weighted by atomic mass is 19.1. The number of nitrogen functional groups attached to an aromatic ring is 1. The molecule has 0 aliphatic carbocycles. The van der Waals surface area contributed by atoms with E-state index in [1.54, 1.807) is 0 Å². The molecule has 0 aromatic carbocycles. The molecule has 2 aromatic rings. The topological polar surface area (TPSA) is 139 Å². The van der Waals surface area contributed by atoms with Crippen LogP contribution in [0.1, 0.15) is 0 Å². The number of nitrogens with one attached hydrogen (secondary N) is 1. The predicted octanol–water partition coefficient (Wildman–Crippen LogP) is -1.92. The van der Waals surface area contributed by atoms with E-state index in [4.69, 9.17) is 22.0 Å². The van der Waals surface area contributed by atoms with Crippen molar-refractivity contribution in [2.24, 2.45) is 0 Å². The van der Waals surface area contributed by atoms with Gasteiger partial charge >= 0.3 is 0 Å². The molecular formula is C12H12FN5O4. The molecule has 1 aliphatic rings. The lowest BCUT2D eigenvalue weighted by atomic mass is 10.0. The van der Waals surface area contributed by atoms with Crippen molar-refractivity contribution in [3.63, 3.8) is 0 Å². The van der Waals surface area contributed by atoms with E-state index in [-0.39, 0.29) is 17.1 Å². The number of fused-ring (bicyclic) bond motifs is 1. The zero-order chi connectivity index (χ0) is 16.1. The van der Waals surface area contributed by atoms with Gasteiger partial charge in [-0.1, -0.05) is 0 Å². The number of nitrogens with two attached hydrogens (primary N) is 1. The number of aromatic amines is 1. The Morgan fingerprint density at radius 1 is 1.68 bits per heavy atom. The summed E-state index contributed by atoms with van der Waals surface area (Å²) in [6.07, 6.45) is 1.55. The molecule has 4 atom stereocenters. The second-order valence-electron chi connectivity index (χ2n) is 4.81. The average molecular weight is 309 g/mol. The van der Waals surface area contributed by atoms with Gasteiger partial charge in [0.15, 0.2) is 17.3 Å². The van der Waals surface area contributed by atoms with Gasteiger partial charge in [-0.3, -0.25) is 14.3 Å². The molecule has 1 fully saturated rings. The molecule has 0 radical (unpaired) electrons. The van der Waals surface area contributed by atoms with Crippen LogP contribution < -0.4 is 11.3 Å². The number of nitrogens with zero attached hydrogens (tertiary/aromatic N) is 3. The molecule has 5 N–H and O–H groups in total. The third-order valence-electron chi connectivity index (χ3n) is 3.56. The van der Waals surface area contributed by atoms with E-state index in [1.165, 1.54) is 0 Å². The molecule has 0 bridgehead atoms. The van der Waals surface area contributed by atoms with Gasteiger partial charge in [0, 0.05) is 0 Å². The summed E-state index contributed by atoms with van der Waals surface area (Å²) in [4.78, 5) is 21.7. The SMILES string of the molecule is C#C[C@@]1(n2cnc3c(=O)[nH]c(N)nc32)O[C@H](CO)[C@@H](O)[C@H]1F. The number of imidazole rings is 1. The highest BCUT2D eigenvalue weighted by Crippen LogP contribution is 2.38. The van der Waals surface area contributed by atoms with Crippen LogP contribution >= 0.6 is 0 Å². The normalized spacial score (nSPS) is 31.5. The molecule has 116 valence electrons. The Morgan fingerprint density at radius 3 is 3.00 bits per heavy atom. The standard InChI is InChI=1S/C12H12FN5O4/c1-2-12(8(13)7(20)5(3-19)22-12)18-4-15-6-9(18)16-11(14)17-10(6)21/h1,4-5,7-8,19-20H,3H2,(H3,14,16,17,21)/t5-,7-,8-,12-/m1/s1. The van der Waals surface area contributed by atoms with Gasteiger partial charge in [-0.05, 0) is 5.92 Å². The predicted molar refractivity (Wildman–Crippen MR) is 72.2 cm³/mol. The number of hydrogen-bond donors (Lipinski definition) is 4. The van der Waals surface area contributed by atoms with Crippen molar-refractivity contribution >= 4 is 17.1 Å². The van der Waals surface area contributed by atoms with Gasteiger partial charge in [-0.2, -0.15) is 4.98 Å². The Balaban J connectivity index is 2.25. The maximum atomic E-state index is 14.5. The fraction of sp³-hybridized carbons (Fsp3) is 0.417. The van der Waals surface area contributed by atoms with Crippen LogP contribution in [0.5, 0.6) is 0 Å². The van der Waals surface area contributed by atoms with Gasteiger partial charge in [-0.15, -0.1) is 6.42 Å². The third-order valence-corrected chi connectivity index (χ3v) is 3.56. The van der Waals surface area contributed by atoms with Gasteiger partial charge in [0.2, 0.25) is 11.7 Å². The molecule has 9 nitrogen and oxygen atoms in total. The molecule has 22 heavy (non-hydrogen) atoms. The van der Waals surface area contributed by atoms with Crippen molar-refractivity contribution in [1.29, 1.82) is 0 Å². The van der Waals surface area contributed by atoms with Gasteiger partial charge < -0.3 is 20.7 Å². The molecular weight excluding hydrogens is 297 g/mol. The number of ether oxygens (including phenoxy) is 1. The Kier molecular flexibility index (Phi) is 3.13. The van der Waals surface area contributed by atoms with Crippen LogP contribution in [0.3, 0.4) is 0 Å². The van der Waals surface area contributed by atoms with Crippen molar-refractivity contribution in [3.8, 4) is 12.3 Å². The van der Waals surface area contributed by atoms with E-state index < -0.39 is 36.3 Å². The average Bonchev–Trinajstić information content (AvgIpc) is 3.01. The third kappa shape index (κ3) is 1.73. The summed E-state index contributed by atoms with van der Waals surface area (Å²) in [6, 6.07) is 0. The highest BCUT2D eigenvalue weighted by Gasteiger charge is 2.56. The number of alkyl halides is 1. The summed E-state index contributed by atoms with van der Waals surface area (Å²) in [6.45, 7) is -0.631. The minimum absolute atomic E-state index is 0.0901. The molecule has 0 amide bonds. The number of rotatable bonds is 2. The molecule has 10 heteroatoms. The van der Waals surface area contributed by atoms with Crippen molar-refractivity contribution in [2.45, 2.75) is 24.1 Å². The van der Waals surface area contributed by atoms with Gasteiger partial charge in [-0.25, -0.2) is 9.37 Å². The summed E-state index contributed by atoms with van der Waals surface area (Å²) in [5, 5.41) is 18.9. The number of aliphatic hydroxyl groups is 2. The molecule has 1 saturated heterocycles. The van der Waals surface area contributed by atoms with Crippen LogP contribution in [0.4, 0.5) is 10.3 Å². The Hall–Kier alpha value is -2.48. The van der Waals surface area contributed by atoms with Crippen molar-refractivity contribution in [1.82, 2.24) is 19.5 Å². The summed E-state index contributed by atoms with van der Waals surface area (Å²) >= 11 is 0. The summed E-state index contributed by atoms with van der Waals surface area (Å²) < 4.78 is 20.9. The first-order valence-electron chi connectivity index (χ1n) is 6.26. The van der Waals surface area contributed by atoms with Crippen LogP contribution in [0.2, 0.25) is 0 Å². The fourth-order valence-corrected chi connectivity index (χ4v) is 2.47. The minimum atomic E-state index is -2.09. The lowest BCUT2D eigenvalue weighted by Crippen LogP contribution is -2.41. The lowest BCUT2D eigenvalue weighted by Gasteiger charge is -2.26. The molecule has 1 aliphatic heterocycles. The van der Waals surface area contributed by atoms with Crippen molar-refractivity contribution in [2.75, 3.05) is 12.3 Å². The number of terminal acetylenes is 1. The monoisotopic (exact) mass is 309 g/mol. The van der Waals surface area contributed by atoms with Crippen LogP contribution in [0, 0.1) is 12.3 Å². The number of hydrogen-bond acceptors (Lipinski definition) is 7. The summed E-state index contributed by atoms with van der Waals surface area (Å²) in [5.74, 6) is 1.91. The van der Waals surface area contributed by atoms with E-state index in [9.17, 15) is 14.3 Å². The number of aromatic nitrogens is 4. The van der Waals surface area contributed by atoms with Gasteiger partial charge in [0.25, 0.3) is 5.56 Å². The first kappa shape index (κ1) is 14.5. The van der Waals surface area contributed by atoms with Crippen molar-refractivity contribution < 1.29 is 19.3 Å². The Bertz CT molecular complexity index is 827. The lowest BCUT2D eigenvalue weighted by molar-refractivity contribution is -0.0905. The maximum absolute atomic E-state index is 14.5. The summed E-state index contributed by atoms with van der Waals surface area (Å²) in [5.41, 5.74) is 2.56. The van der Waals surface area contributed by atoms with Crippen LogP contribution in [0.25, 0.3) is 11.2 Å². The van der Waals surface area contributed by atoms with E-state index in [0.717, 1.165) is 10.9 Å². The molecule has 0 saturated carbocycles. The van der Waals surface area contributed by atoms with Gasteiger partial charge in [0.05, 0.1) is 6.61 Å². The first-order valence-corrected chi connectivity index (χ1v) is 6.26. The second kappa shape index (κ2) is 4.77. The number of anilines is 1. The maximum Gasteiger partial charge on any atom is 0.280 e. The van der Waals surface area contributed by atoms with E-state index in [2.05, 4.69) is 20.9 Å². The number of aliphatic hydroxyl groups excluding tert-OH is 2. The quantitative estimate of drug-likeness (QED) is 0.474. The summed E-state index contributed by atoms with van der Waals surface area (Å²) in [7, 11) is 0. The highest BCUT2D eigenvalue weighted by molar-refractivity contribution is 5.71. The van der Waals surface area contributed by atoms with Crippen LogP contribution in [0.15, 0.2) is 11.1 Å². The minimum Gasteiger partial charge on any atom is -0.394 e. The van der Waals surface area contributed by atoms with Crippen LogP contribution in [-0.2, 0) is 10.5 Å². The van der Waals surface area contributed by atoms with E-state index in [0.29, 0.717) is 0 Å². The zero-order valence-corrected chi connectivity index (χ0v) is 11.1. The Morgan fingerprint density at radius 2 is 2.41 bits per heavy atom.